The summed E-state index contributed by atoms with van der Waals surface area (Å²) in [6.45, 7) is 4.98. The Balaban J connectivity index is 0.00000161. The molecule has 2 fully saturated rings. The number of rotatable bonds is 4. The van der Waals surface area contributed by atoms with Crippen molar-refractivity contribution in [2.75, 3.05) is 19.6 Å². The number of hydrogen-bond acceptors (Lipinski definition) is 4. The van der Waals surface area contributed by atoms with E-state index in [2.05, 4.69) is 27.9 Å². The molecule has 1 aromatic heterocycles. The third kappa shape index (κ3) is 3.74. The van der Waals surface area contributed by atoms with Crippen molar-refractivity contribution in [1.82, 2.24) is 25.6 Å². The van der Waals surface area contributed by atoms with Crippen LogP contribution < -0.4 is 10.6 Å². The van der Waals surface area contributed by atoms with Crippen LogP contribution in [0.15, 0.2) is 6.20 Å². The average Bonchev–Trinajstić information content (AvgIpc) is 2.93. The molecular formula is C14H24ClN5O. The van der Waals surface area contributed by atoms with Crippen LogP contribution >= 0.6 is 12.4 Å². The molecule has 1 aliphatic carbocycles. The molecule has 1 saturated carbocycles. The van der Waals surface area contributed by atoms with E-state index < -0.39 is 0 Å². The van der Waals surface area contributed by atoms with Crippen LogP contribution in [0.25, 0.3) is 0 Å². The van der Waals surface area contributed by atoms with Crippen molar-refractivity contribution in [3.05, 3.63) is 11.9 Å². The lowest BCUT2D eigenvalue weighted by atomic mass is 9.70. The van der Waals surface area contributed by atoms with E-state index in [1.807, 2.05) is 4.68 Å². The number of carbonyl (C=O) groups is 1. The van der Waals surface area contributed by atoms with Crippen molar-refractivity contribution in [1.29, 1.82) is 0 Å². The van der Waals surface area contributed by atoms with Crippen molar-refractivity contribution >= 4 is 18.3 Å². The number of nitrogens with zero attached hydrogens (tertiary/aromatic N) is 3. The summed E-state index contributed by atoms with van der Waals surface area (Å²) in [5.41, 5.74) is 0.729. The van der Waals surface area contributed by atoms with Gasteiger partial charge in [0.25, 0.3) is 5.91 Å². The summed E-state index contributed by atoms with van der Waals surface area (Å²) in [4.78, 5) is 12.1. The van der Waals surface area contributed by atoms with E-state index in [-0.39, 0.29) is 18.3 Å². The summed E-state index contributed by atoms with van der Waals surface area (Å²) in [7, 11) is 0. The molecule has 0 atom stereocenters. The first-order chi connectivity index (χ1) is 9.66. The molecule has 0 aromatic carbocycles. The molecule has 3 rings (SSSR count). The smallest absolute Gasteiger partial charge is 0.273 e. The van der Waals surface area contributed by atoms with Crippen LogP contribution in [-0.2, 0) is 0 Å². The van der Waals surface area contributed by atoms with Crippen molar-refractivity contribution in [2.45, 2.75) is 45.1 Å². The lowest BCUT2D eigenvalue weighted by Gasteiger charge is -2.38. The second kappa shape index (κ2) is 6.75. The van der Waals surface area contributed by atoms with Gasteiger partial charge in [-0.1, -0.05) is 18.6 Å². The topological polar surface area (TPSA) is 71.8 Å². The van der Waals surface area contributed by atoms with E-state index in [0.717, 1.165) is 32.5 Å². The van der Waals surface area contributed by atoms with E-state index in [9.17, 15) is 4.79 Å². The number of halogens is 1. The van der Waals surface area contributed by atoms with Crippen molar-refractivity contribution < 1.29 is 4.79 Å². The minimum absolute atomic E-state index is 0. The Morgan fingerprint density at radius 3 is 2.81 bits per heavy atom. The maximum atomic E-state index is 12.1. The fraction of sp³-hybridized carbons (Fsp3) is 0.786. The number of carbonyl (C=O) groups excluding carboxylic acids is 1. The Morgan fingerprint density at radius 2 is 2.19 bits per heavy atom. The van der Waals surface area contributed by atoms with Crippen LogP contribution in [0.4, 0.5) is 0 Å². The second-order valence-corrected chi connectivity index (χ2v) is 6.41. The summed E-state index contributed by atoms with van der Waals surface area (Å²) in [6.07, 6.45) is 7.56. The first-order valence-electron chi connectivity index (χ1n) is 7.57. The van der Waals surface area contributed by atoms with E-state index in [0.29, 0.717) is 17.2 Å². The Labute approximate surface area is 131 Å². The van der Waals surface area contributed by atoms with Crippen LogP contribution in [0.1, 0.15) is 55.6 Å². The zero-order chi connectivity index (χ0) is 14.0. The lowest BCUT2D eigenvalue weighted by Crippen LogP contribution is -2.40. The van der Waals surface area contributed by atoms with Gasteiger partial charge >= 0.3 is 0 Å². The fourth-order valence-corrected chi connectivity index (χ4v) is 2.97. The molecule has 0 unspecified atom stereocenters. The van der Waals surface area contributed by atoms with Gasteiger partial charge < -0.3 is 10.6 Å². The predicted molar refractivity (Wildman–Crippen MR) is 82.7 cm³/mol. The summed E-state index contributed by atoms with van der Waals surface area (Å²) < 4.78 is 1.85. The van der Waals surface area contributed by atoms with Crippen LogP contribution in [0.5, 0.6) is 0 Å². The highest BCUT2D eigenvalue weighted by Crippen LogP contribution is 2.39. The summed E-state index contributed by atoms with van der Waals surface area (Å²) in [6, 6.07) is 0.370. The molecular weight excluding hydrogens is 290 g/mol. The van der Waals surface area contributed by atoms with Gasteiger partial charge in [-0.3, -0.25) is 4.79 Å². The normalized spacial score (nSPS) is 21.2. The number of nitrogens with one attached hydrogen (secondary N) is 2. The van der Waals surface area contributed by atoms with Crippen molar-refractivity contribution in [2.24, 2.45) is 5.41 Å². The Morgan fingerprint density at radius 1 is 1.48 bits per heavy atom. The third-order valence-corrected chi connectivity index (χ3v) is 4.66. The number of hydrogen-bond donors (Lipinski definition) is 2. The molecule has 7 heteroatoms. The molecule has 0 spiro atoms. The largest absolute Gasteiger partial charge is 0.350 e. The van der Waals surface area contributed by atoms with E-state index in [1.54, 1.807) is 6.20 Å². The molecule has 1 amide bonds. The molecule has 21 heavy (non-hydrogen) atoms. The first kappa shape index (κ1) is 16.2. The van der Waals surface area contributed by atoms with Gasteiger partial charge in [0.1, 0.15) is 0 Å². The van der Waals surface area contributed by atoms with Crippen molar-refractivity contribution in [3.63, 3.8) is 0 Å². The SMILES string of the molecule is CC1(CNC(=O)c2cn(C3CCNCC3)nn2)CCC1.Cl. The summed E-state index contributed by atoms with van der Waals surface area (Å²) >= 11 is 0. The van der Waals surface area contributed by atoms with Crippen molar-refractivity contribution in [3.8, 4) is 0 Å². The van der Waals surface area contributed by atoms with Gasteiger partial charge in [0.05, 0.1) is 12.2 Å². The quantitative estimate of drug-likeness (QED) is 0.884. The van der Waals surface area contributed by atoms with Crippen LogP contribution in [-0.4, -0.2) is 40.5 Å². The zero-order valence-corrected chi connectivity index (χ0v) is 13.3. The minimum Gasteiger partial charge on any atom is -0.350 e. The average molecular weight is 314 g/mol. The number of amides is 1. The molecule has 2 heterocycles. The molecule has 1 saturated heterocycles. The summed E-state index contributed by atoms with van der Waals surface area (Å²) in [5.74, 6) is -0.0988. The number of piperidine rings is 1. The lowest BCUT2D eigenvalue weighted by molar-refractivity contribution is 0.0886. The summed E-state index contributed by atoms with van der Waals surface area (Å²) in [5, 5.41) is 14.4. The van der Waals surface area contributed by atoms with Gasteiger partial charge in [0, 0.05) is 6.54 Å². The van der Waals surface area contributed by atoms with Gasteiger partial charge in [-0.05, 0) is 44.2 Å². The molecule has 118 valence electrons. The molecule has 1 aromatic rings. The highest BCUT2D eigenvalue weighted by atomic mass is 35.5. The third-order valence-electron chi connectivity index (χ3n) is 4.66. The Hall–Kier alpha value is -1.14. The Bertz CT molecular complexity index is 479. The van der Waals surface area contributed by atoms with E-state index in [4.69, 9.17) is 0 Å². The van der Waals surface area contributed by atoms with E-state index >= 15 is 0 Å². The minimum atomic E-state index is -0.0988. The van der Waals surface area contributed by atoms with Gasteiger partial charge in [0.2, 0.25) is 0 Å². The fourth-order valence-electron chi connectivity index (χ4n) is 2.97. The van der Waals surface area contributed by atoms with Gasteiger partial charge in [0.15, 0.2) is 5.69 Å². The molecule has 2 N–H and O–H groups in total. The van der Waals surface area contributed by atoms with Gasteiger partial charge in [-0.25, -0.2) is 4.68 Å². The Kier molecular flexibility index (Phi) is 5.22. The first-order valence-corrected chi connectivity index (χ1v) is 7.57. The molecule has 6 nitrogen and oxygen atoms in total. The molecule has 1 aliphatic heterocycles. The molecule has 0 radical (unpaired) electrons. The standard InChI is InChI=1S/C14H23N5O.ClH/c1-14(5-2-6-14)10-16-13(20)12-9-19(18-17-12)11-3-7-15-8-4-11;/h9,11,15H,2-8,10H2,1H3,(H,16,20);1H. The zero-order valence-electron chi connectivity index (χ0n) is 12.5. The van der Waals surface area contributed by atoms with Gasteiger partial charge in [-0.2, -0.15) is 0 Å². The monoisotopic (exact) mass is 313 g/mol. The highest BCUT2D eigenvalue weighted by Gasteiger charge is 2.32. The number of aromatic nitrogens is 3. The maximum absolute atomic E-state index is 12.1. The maximum Gasteiger partial charge on any atom is 0.273 e. The second-order valence-electron chi connectivity index (χ2n) is 6.41. The van der Waals surface area contributed by atoms with E-state index in [1.165, 1.54) is 19.3 Å². The molecule has 0 bridgehead atoms. The van der Waals surface area contributed by atoms with Crippen LogP contribution in [0, 0.1) is 5.41 Å². The van der Waals surface area contributed by atoms with Crippen LogP contribution in [0.3, 0.4) is 0 Å². The van der Waals surface area contributed by atoms with Crippen LogP contribution in [0.2, 0.25) is 0 Å². The predicted octanol–water partition coefficient (Wildman–Crippen LogP) is 1.54. The highest BCUT2D eigenvalue weighted by molar-refractivity contribution is 5.91. The molecule has 2 aliphatic rings. The van der Waals surface area contributed by atoms with Gasteiger partial charge in [-0.15, -0.1) is 17.5 Å².